The van der Waals surface area contributed by atoms with Gasteiger partial charge in [0.1, 0.15) is 0 Å². The molecule has 0 amide bonds. The monoisotopic (exact) mass is 218 g/mol. The van der Waals surface area contributed by atoms with Crippen molar-refractivity contribution in [1.82, 2.24) is 0 Å². The summed E-state index contributed by atoms with van der Waals surface area (Å²) in [5.74, 6) is 0. The van der Waals surface area contributed by atoms with Crippen LogP contribution in [-0.2, 0) is 5.41 Å². The first kappa shape index (κ1) is 9.77. The fourth-order valence-corrected chi connectivity index (χ4v) is 3.86. The molecule has 1 aromatic rings. The van der Waals surface area contributed by atoms with Crippen LogP contribution < -0.4 is 0 Å². The average Bonchev–Trinajstić information content (AvgIpc) is 2.73. The maximum atomic E-state index is 4.36. The van der Waals surface area contributed by atoms with E-state index < -0.39 is 0 Å². The van der Waals surface area contributed by atoms with Crippen molar-refractivity contribution in [1.29, 1.82) is 0 Å². The highest BCUT2D eigenvalue weighted by molar-refractivity contribution is 7.80. The third-order valence-electron chi connectivity index (χ3n) is 4.66. The molecule has 15 heavy (non-hydrogen) atoms. The summed E-state index contributed by atoms with van der Waals surface area (Å²) in [7, 11) is 0. The van der Waals surface area contributed by atoms with Crippen molar-refractivity contribution in [3.63, 3.8) is 0 Å². The number of hydrogen-bond donors (Lipinski definition) is 1. The summed E-state index contributed by atoms with van der Waals surface area (Å²) >= 11 is 4.36. The fraction of sp³-hybridized carbons (Fsp3) is 0.571. The Morgan fingerprint density at radius 1 is 1.00 bits per heavy atom. The first-order valence-electron chi connectivity index (χ1n) is 5.92. The number of hydrogen-bond acceptors (Lipinski definition) is 1. The minimum Gasteiger partial charge on any atom is -0.143 e. The van der Waals surface area contributed by atoms with E-state index in [0.29, 0.717) is 10.8 Å². The number of thiol groups is 1. The molecular weight excluding hydrogens is 200 g/mol. The zero-order valence-corrected chi connectivity index (χ0v) is 10.2. The second-order valence-electron chi connectivity index (χ2n) is 5.81. The third-order valence-corrected chi connectivity index (χ3v) is 4.96. The van der Waals surface area contributed by atoms with Crippen LogP contribution >= 0.6 is 12.6 Å². The zero-order chi connectivity index (χ0) is 10.5. The van der Waals surface area contributed by atoms with Crippen LogP contribution in [0.2, 0.25) is 0 Å². The molecule has 3 rings (SSSR count). The Labute approximate surface area is 97.5 Å². The van der Waals surface area contributed by atoms with Crippen molar-refractivity contribution in [3.8, 4) is 0 Å². The quantitative estimate of drug-likeness (QED) is 0.671. The van der Waals surface area contributed by atoms with Crippen molar-refractivity contribution in [2.45, 2.75) is 49.3 Å². The molecule has 1 heteroatoms. The van der Waals surface area contributed by atoms with Gasteiger partial charge in [-0.3, -0.25) is 0 Å². The molecule has 0 nitrogen and oxygen atoms in total. The topological polar surface area (TPSA) is 0 Å². The van der Waals surface area contributed by atoms with E-state index in [1.807, 2.05) is 0 Å². The summed E-state index contributed by atoms with van der Waals surface area (Å²) in [6.45, 7) is 2.47. The molecule has 0 spiro atoms. The third kappa shape index (κ3) is 1.44. The van der Waals surface area contributed by atoms with E-state index in [1.165, 1.54) is 32.1 Å². The molecule has 2 saturated carbocycles. The smallest absolute Gasteiger partial charge is 0.00401 e. The Hall–Kier alpha value is -0.430. The van der Waals surface area contributed by atoms with Gasteiger partial charge in [-0.15, -0.1) is 12.6 Å². The normalized spacial score (nSPS) is 38.5. The molecule has 0 aromatic heterocycles. The second kappa shape index (κ2) is 3.04. The Bertz CT molecular complexity index is 369. The van der Waals surface area contributed by atoms with Crippen LogP contribution in [0.3, 0.4) is 0 Å². The first-order chi connectivity index (χ1) is 7.12. The van der Waals surface area contributed by atoms with E-state index in [4.69, 9.17) is 0 Å². The molecule has 0 N–H and O–H groups in total. The van der Waals surface area contributed by atoms with Crippen molar-refractivity contribution >= 4 is 12.6 Å². The molecule has 2 aliphatic rings. The second-order valence-corrected chi connectivity index (χ2v) is 6.33. The molecule has 0 unspecified atom stereocenters. The fourth-order valence-electron chi connectivity index (χ4n) is 3.71. The summed E-state index contributed by atoms with van der Waals surface area (Å²) in [6, 6.07) is 8.86. The van der Waals surface area contributed by atoms with E-state index in [9.17, 15) is 0 Å². The minimum atomic E-state index is 0.524. The summed E-state index contributed by atoms with van der Waals surface area (Å²) in [6.07, 6.45) is 7.06. The van der Waals surface area contributed by atoms with Crippen molar-refractivity contribution in [3.05, 3.63) is 29.8 Å². The van der Waals surface area contributed by atoms with Crippen LogP contribution in [0.15, 0.2) is 29.2 Å². The van der Waals surface area contributed by atoms with Gasteiger partial charge in [-0.25, -0.2) is 0 Å². The summed E-state index contributed by atoms with van der Waals surface area (Å²) in [5.41, 5.74) is 2.73. The zero-order valence-electron chi connectivity index (χ0n) is 9.29. The summed E-state index contributed by atoms with van der Waals surface area (Å²) in [5, 5.41) is 0. The lowest BCUT2D eigenvalue weighted by atomic mass is 9.77. The lowest BCUT2D eigenvalue weighted by molar-refractivity contribution is 0.328. The van der Waals surface area contributed by atoms with Crippen LogP contribution in [0.1, 0.15) is 44.6 Å². The Morgan fingerprint density at radius 2 is 1.60 bits per heavy atom. The highest BCUT2D eigenvalue weighted by Crippen LogP contribution is 2.61. The molecular formula is C14H18S. The van der Waals surface area contributed by atoms with Gasteiger partial charge in [0.25, 0.3) is 0 Å². The first-order valence-corrected chi connectivity index (χ1v) is 6.36. The van der Waals surface area contributed by atoms with Gasteiger partial charge >= 0.3 is 0 Å². The summed E-state index contributed by atoms with van der Waals surface area (Å²) < 4.78 is 0. The van der Waals surface area contributed by atoms with Gasteiger partial charge in [-0.2, -0.15) is 0 Å². The molecule has 0 radical (unpaired) electrons. The standard InChI is InChI=1S/C14H18S/c1-13-6-8-14(10-13,9-7-13)11-2-4-12(15)5-3-11/h2-5,15H,6-10H2,1H3. The van der Waals surface area contributed by atoms with Crippen molar-refractivity contribution in [2.75, 3.05) is 0 Å². The maximum Gasteiger partial charge on any atom is 0.00401 e. The lowest BCUT2D eigenvalue weighted by Crippen LogP contribution is -2.19. The Morgan fingerprint density at radius 3 is 2.07 bits per heavy atom. The molecule has 80 valence electrons. The number of rotatable bonds is 1. The summed E-state index contributed by atoms with van der Waals surface area (Å²) in [4.78, 5) is 1.08. The lowest BCUT2D eigenvalue weighted by Gasteiger charge is -2.27. The van der Waals surface area contributed by atoms with E-state index in [-0.39, 0.29) is 0 Å². The Kier molecular flexibility index (Phi) is 1.98. The van der Waals surface area contributed by atoms with Crippen LogP contribution in [0.25, 0.3) is 0 Å². The van der Waals surface area contributed by atoms with Gasteiger partial charge in [0.15, 0.2) is 0 Å². The van der Waals surface area contributed by atoms with Crippen LogP contribution in [0, 0.1) is 5.41 Å². The predicted molar refractivity (Wildman–Crippen MR) is 66.6 cm³/mol. The van der Waals surface area contributed by atoms with Gasteiger partial charge < -0.3 is 0 Å². The van der Waals surface area contributed by atoms with E-state index in [2.05, 4.69) is 43.8 Å². The molecule has 2 aliphatic carbocycles. The predicted octanol–water partition coefficient (Wildman–Crippen LogP) is 4.20. The maximum absolute atomic E-state index is 4.36. The van der Waals surface area contributed by atoms with Crippen molar-refractivity contribution < 1.29 is 0 Å². The van der Waals surface area contributed by atoms with E-state index in [0.717, 1.165) is 4.90 Å². The molecule has 0 saturated heterocycles. The van der Waals surface area contributed by atoms with Gasteiger partial charge in [0.2, 0.25) is 0 Å². The largest absolute Gasteiger partial charge is 0.143 e. The van der Waals surface area contributed by atoms with Crippen LogP contribution in [-0.4, -0.2) is 0 Å². The average molecular weight is 218 g/mol. The number of benzene rings is 1. The highest BCUT2D eigenvalue weighted by Gasteiger charge is 2.52. The molecule has 2 bridgehead atoms. The Balaban J connectivity index is 1.98. The molecule has 0 atom stereocenters. The molecule has 0 aliphatic heterocycles. The number of fused-ring (bicyclic) bond motifs is 2. The van der Waals surface area contributed by atoms with Crippen molar-refractivity contribution in [2.24, 2.45) is 5.41 Å². The van der Waals surface area contributed by atoms with Crippen LogP contribution in [0.5, 0.6) is 0 Å². The molecule has 2 fully saturated rings. The van der Waals surface area contributed by atoms with Gasteiger partial charge in [-0.1, -0.05) is 19.1 Å². The van der Waals surface area contributed by atoms with Gasteiger partial charge in [0, 0.05) is 4.90 Å². The van der Waals surface area contributed by atoms with E-state index >= 15 is 0 Å². The SMILES string of the molecule is CC12CCC(c3ccc(S)cc3)(CC1)C2. The van der Waals surface area contributed by atoms with Gasteiger partial charge in [-0.05, 0) is 60.6 Å². The highest BCUT2D eigenvalue weighted by atomic mass is 32.1. The van der Waals surface area contributed by atoms with E-state index in [1.54, 1.807) is 5.56 Å². The minimum absolute atomic E-state index is 0.524. The van der Waals surface area contributed by atoms with Gasteiger partial charge in [0.05, 0.1) is 0 Å². The molecule has 1 aromatic carbocycles. The molecule has 0 heterocycles. The van der Waals surface area contributed by atoms with Crippen LogP contribution in [0.4, 0.5) is 0 Å².